The van der Waals surface area contributed by atoms with Crippen LogP contribution < -0.4 is 10.9 Å². The number of carbonyl (C=O) groups is 3. The first-order valence-corrected chi connectivity index (χ1v) is 5.27. The Labute approximate surface area is 102 Å². The predicted molar refractivity (Wildman–Crippen MR) is 64.6 cm³/mol. The van der Waals surface area contributed by atoms with E-state index in [0.29, 0.717) is 5.39 Å². The van der Waals surface area contributed by atoms with Crippen molar-refractivity contribution in [3.63, 3.8) is 0 Å². The summed E-state index contributed by atoms with van der Waals surface area (Å²) >= 11 is 0. The van der Waals surface area contributed by atoms with Crippen molar-refractivity contribution in [3.05, 3.63) is 36.0 Å². The molecule has 92 valence electrons. The third kappa shape index (κ3) is 2.22. The van der Waals surface area contributed by atoms with Gasteiger partial charge in [-0.1, -0.05) is 18.2 Å². The smallest absolute Gasteiger partial charge is 0.310 e. The van der Waals surface area contributed by atoms with Crippen molar-refractivity contribution in [1.29, 1.82) is 0 Å². The van der Waals surface area contributed by atoms with Crippen molar-refractivity contribution in [2.24, 2.45) is 0 Å². The number of aromatic amines is 1. The fourth-order valence-electron chi connectivity index (χ4n) is 1.58. The fourth-order valence-corrected chi connectivity index (χ4v) is 1.58. The molecule has 0 bridgehead atoms. The number of fused-ring (bicyclic) bond motifs is 1. The number of para-hydroxylation sites is 1. The van der Waals surface area contributed by atoms with Crippen LogP contribution in [0.25, 0.3) is 10.9 Å². The summed E-state index contributed by atoms with van der Waals surface area (Å²) in [6.07, 6.45) is 1.47. The Kier molecular flexibility index (Phi) is 3.09. The van der Waals surface area contributed by atoms with Crippen LogP contribution in [0.2, 0.25) is 0 Å². The average Bonchev–Trinajstić information content (AvgIpc) is 2.78. The van der Waals surface area contributed by atoms with Gasteiger partial charge in [0.1, 0.15) is 0 Å². The van der Waals surface area contributed by atoms with E-state index in [2.05, 4.69) is 10.4 Å². The van der Waals surface area contributed by atoms with Crippen molar-refractivity contribution in [2.75, 3.05) is 0 Å². The van der Waals surface area contributed by atoms with Crippen LogP contribution in [0.4, 0.5) is 0 Å². The minimum atomic E-state index is -0.880. The summed E-state index contributed by atoms with van der Waals surface area (Å²) in [7, 11) is 0. The van der Waals surface area contributed by atoms with Gasteiger partial charge in [0.25, 0.3) is 5.78 Å². The number of Topliss-reactive ketones (excluding diaryl/α,β-unsaturated/α-hetero) is 1. The second-order valence-electron chi connectivity index (χ2n) is 3.71. The van der Waals surface area contributed by atoms with Crippen molar-refractivity contribution >= 4 is 28.5 Å². The van der Waals surface area contributed by atoms with Crippen LogP contribution in [0.15, 0.2) is 30.5 Å². The topological polar surface area (TPSA) is 91.1 Å². The molecule has 1 aromatic carbocycles. The lowest BCUT2D eigenvalue weighted by atomic mass is 10.1. The monoisotopic (exact) mass is 245 g/mol. The normalized spacial score (nSPS) is 10.1. The van der Waals surface area contributed by atoms with Gasteiger partial charge >= 0.3 is 5.91 Å². The highest BCUT2D eigenvalue weighted by atomic mass is 16.2. The molecule has 0 fully saturated rings. The highest BCUT2D eigenvalue weighted by Gasteiger charge is 2.19. The first-order valence-electron chi connectivity index (χ1n) is 5.27. The number of aromatic nitrogens is 1. The Morgan fingerprint density at radius 1 is 1.11 bits per heavy atom. The highest BCUT2D eigenvalue weighted by Crippen LogP contribution is 2.17. The van der Waals surface area contributed by atoms with Crippen LogP contribution in [0.5, 0.6) is 0 Å². The lowest BCUT2D eigenvalue weighted by Gasteiger charge is -2.03. The standard InChI is InChI=1S/C12H11N3O3/c1-7(16)14-15-12(18)11(17)9-6-13-10-5-3-2-4-8(9)10/h2-6,13H,1H3,(H,14,16)(H,15,18). The first-order chi connectivity index (χ1) is 8.59. The van der Waals surface area contributed by atoms with Crippen LogP contribution in [0.1, 0.15) is 17.3 Å². The van der Waals surface area contributed by atoms with Gasteiger partial charge in [0.2, 0.25) is 5.91 Å². The summed E-state index contributed by atoms with van der Waals surface area (Å²) in [4.78, 5) is 36.9. The Balaban J connectivity index is 2.23. The molecule has 0 aliphatic rings. The molecule has 0 saturated heterocycles. The Bertz CT molecular complexity index is 630. The van der Waals surface area contributed by atoms with Gasteiger partial charge in [0.05, 0.1) is 5.56 Å². The quantitative estimate of drug-likeness (QED) is 0.409. The zero-order chi connectivity index (χ0) is 13.1. The van der Waals surface area contributed by atoms with Crippen molar-refractivity contribution < 1.29 is 14.4 Å². The van der Waals surface area contributed by atoms with Crippen molar-refractivity contribution in [3.8, 4) is 0 Å². The zero-order valence-corrected chi connectivity index (χ0v) is 9.61. The van der Waals surface area contributed by atoms with E-state index >= 15 is 0 Å². The Morgan fingerprint density at radius 2 is 1.83 bits per heavy atom. The van der Waals surface area contributed by atoms with Gasteiger partial charge in [-0.25, -0.2) is 0 Å². The number of nitrogens with one attached hydrogen (secondary N) is 3. The number of amides is 2. The van der Waals surface area contributed by atoms with Crippen LogP contribution >= 0.6 is 0 Å². The Hall–Kier alpha value is -2.63. The van der Waals surface area contributed by atoms with Crippen molar-refractivity contribution in [2.45, 2.75) is 6.92 Å². The molecule has 0 aliphatic carbocycles. The average molecular weight is 245 g/mol. The maximum atomic E-state index is 11.8. The van der Waals surface area contributed by atoms with Gasteiger partial charge < -0.3 is 4.98 Å². The van der Waals surface area contributed by atoms with Gasteiger partial charge in [-0.2, -0.15) is 0 Å². The molecule has 3 N–H and O–H groups in total. The molecule has 2 rings (SSSR count). The largest absolute Gasteiger partial charge is 0.360 e. The van der Waals surface area contributed by atoms with E-state index in [0.717, 1.165) is 5.52 Å². The lowest BCUT2D eigenvalue weighted by Crippen LogP contribution is -2.43. The summed E-state index contributed by atoms with van der Waals surface area (Å²) in [5.74, 6) is -2.04. The minimum absolute atomic E-state index is 0.272. The van der Waals surface area contributed by atoms with E-state index in [1.54, 1.807) is 18.2 Å². The molecule has 0 aliphatic heterocycles. The van der Waals surface area contributed by atoms with Crippen LogP contribution in [-0.4, -0.2) is 22.6 Å². The molecule has 1 aromatic heterocycles. The van der Waals surface area contributed by atoms with E-state index in [1.165, 1.54) is 13.1 Å². The molecule has 0 unspecified atom stereocenters. The van der Waals surface area contributed by atoms with Crippen LogP contribution in [0.3, 0.4) is 0 Å². The molecule has 6 nitrogen and oxygen atoms in total. The highest BCUT2D eigenvalue weighted by molar-refractivity contribution is 6.44. The zero-order valence-electron chi connectivity index (χ0n) is 9.61. The maximum absolute atomic E-state index is 11.8. The Morgan fingerprint density at radius 3 is 2.56 bits per heavy atom. The first kappa shape index (κ1) is 11.8. The summed E-state index contributed by atoms with van der Waals surface area (Å²) in [5, 5.41) is 0.667. The number of hydrazine groups is 1. The molecule has 2 amide bonds. The second-order valence-corrected chi connectivity index (χ2v) is 3.71. The van der Waals surface area contributed by atoms with Gasteiger partial charge in [0.15, 0.2) is 0 Å². The second kappa shape index (κ2) is 4.70. The molecule has 0 radical (unpaired) electrons. The number of ketones is 1. The predicted octanol–water partition coefficient (Wildman–Crippen LogP) is 0.518. The number of benzene rings is 1. The maximum Gasteiger partial charge on any atom is 0.310 e. The lowest BCUT2D eigenvalue weighted by molar-refractivity contribution is -0.125. The van der Waals surface area contributed by atoms with E-state index in [9.17, 15) is 14.4 Å². The molecular weight excluding hydrogens is 234 g/mol. The SMILES string of the molecule is CC(=O)NNC(=O)C(=O)c1c[nH]c2ccccc12. The van der Waals surface area contributed by atoms with E-state index in [4.69, 9.17) is 0 Å². The van der Waals surface area contributed by atoms with Gasteiger partial charge in [-0.05, 0) is 6.07 Å². The third-order valence-electron chi connectivity index (χ3n) is 2.39. The van der Waals surface area contributed by atoms with E-state index in [1.807, 2.05) is 11.5 Å². The third-order valence-corrected chi connectivity index (χ3v) is 2.39. The molecule has 0 saturated carbocycles. The molecule has 0 spiro atoms. The fraction of sp³-hybridized carbons (Fsp3) is 0.0833. The van der Waals surface area contributed by atoms with E-state index in [-0.39, 0.29) is 5.56 Å². The summed E-state index contributed by atoms with van der Waals surface area (Å²) < 4.78 is 0. The summed E-state index contributed by atoms with van der Waals surface area (Å²) in [6, 6.07) is 7.14. The van der Waals surface area contributed by atoms with Crippen molar-refractivity contribution in [1.82, 2.24) is 15.8 Å². The summed E-state index contributed by atoms with van der Waals surface area (Å²) in [6.45, 7) is 1.23. The number of rotatable bonds is 2. The molecule has 2 aromatic rings. The number of hydrogen-bond donors (Lipinski definition) is 3. The van der Waals surface area contributed by atoms with Gasteiger partial charge in [-0.15, -0.1) is 0 Å². The van der Waals surface area contributed by atoms with Crippen LogP contribution in [0, 0.1) is 0 Å². The van der Waals surface area contributed by atoms with Crippen LogP contribution in [-0.2, 0) is 9.59 Å². The summed E-state index contributed by atoms with van der Waals surface area (Å²) in [5.41, 5.74) is 5.14. The molecule has 0 atom stereocenters. The van der Waals surface area contributed by atoms with Gasteiger partial charge in [0, 0.05) is 24.0 Å². The number of hydrogen-bond acceptors (Lipinski definition) is 3. The molecule has 18 heavy (non-hydrogen) atoms. The number of H-pyrrole nitrogens is 1. The van der Waals surface area contributed by atoms with E-state index < -0.39 is 17.6 Å². The minimum Gasteiger partial charge on any atom is -0.360 e. The number of carbonyl (C=O) groups excluding carboxylic acids is 3. The molecule has 6 heteroatoms. The van der Waals surface area contributed by atoms with Gasteiger partial charge in [-0.3, -0.25) is 25.2 Å². The molecular formula is C12H11N3O3. The molecule has 1 heterocycles.